The number of nitrogens with one attached hydrogen (secondary N) is 1. The molecule has 1 heterocycles. The highest BCUT2D eigenvalue weighted by Crippen LogP contribution is 2.24. The molecule has 0 aliphatic rings. The van der Waals surface area contributed by atoms with Crippen molar-refractivity contribution in [1.82, 2.24) is 9.88 Å². The maximum Gasteiger partial charge on any atom is 0.573 e. The zero-order valence-electron chi connectivity index (χ0n) is 16.5. The molecule has 3 rings (SSSR count). The SMILES string of the molecule is Cc1nc2ccc(Cl)cc2cc1C(=O)N(C)CC(=O)Nc1ccc(OC(F)(F)F)cc1. The molecule has 0 aliphatic carbocycles. The molecule has 0 aliphatic heterocycles. The van der Waals surface area contributed by atoms with Crippen LogP contribution in [0.2, 0.25) is 5.02 Å². The number of anilines is 1. The number of fused-ring (bicyclic) bond motifs is 1. The van der Waals surface area contributed by atoms with E-state index in [9.17, 15) is 22.8 Å². The van der Waals surface area contributed by atoms with E-state index in [1.165, 1.54) is 24.1 Å². The van der Waals surface area contributed by atoms with Crippen LogP contribution in [0.5, 0.6) is 5.75 Å². The van der Waals surface area contributed by atoms with Gasteiger partial charge in [0.25, 0.3) is 5.91 Å². The average Bonchev–Trinajstić information content (AvgIpc) is 2.67. The number of rotatable bonds is 5. The van der Waals surface area contributed by atoms with Gasteiger partial charge in [-0.3, -0.25) is 14.6 Å². The van der Waals surface area contributed by atoms with Crippen molar-refractivity contribution in [3.63, 3.8) is 0 Å². The number of amides is 2. The fourth-order valence-corrected chi connectivity index (χ4v) is 3.07. The minimum absolute atomic E-state index is 0.263. The first kappa shape index (κ1) is 22.4. The number of hydrogen-bond acceptors (Lipinski definition) is 4. The monoisotopic (exact) mass is 451 g/mol. The van der Waals surface area contributed by atoms with E-state index in [1.54, 1.807) is 31.2 Å². The molecule has 6 nitrogen and oxygen atoms in total. The number of aryl methyl sites for hydroxylation is 1. The maximum atomic E-state index is 12.8. The maximum absolute atomic E-state index is 12.8. The Kier molecular flexibility index (Phi) is 6.35. The Hall–Kier alpha value is -3.33. The fraction of sp³-hybridized carbons (Fsp3) is 0.190. The number of nitrogens with zero attached hydrogens (tertiary/aromatic N) is 2. The lowest BCUT2D eigenvalue weighted by molar-refractivity contribution is -0.274. The number of pyridine rings is 1. The van der Waals surface area contributed by atoms with Crippen LogP contribution in [0.1, 0.15) is 16.1 Å². The van der Waals surface area contributed by atoms with E-state index in [2.05, 4.69) is 15.0 Å². The Bertz CT molecular complexity index is 1130. The van der Waals surface area contributed by atoms with Gasteiger partial charge in [0.1, 0.15) is 5.75 Å². The lowest BCUT2D eigenvalue weighted by atomic mass is 10.1. The molecule has 0 fully saturated rings. The van der Waals surface area contributed by atoms with Gasteiger partial charge in [-0.15, -0.1) is 13.2 Å². The van der Waals surface area contributed by atoms with Crippen LogP contribution in [0.4, 0.5) is 18.9 Å². The van der Waals surface area contributed by atoms with Crippen molar-refractivity contribution in [2.75, 3.05) is 18.9 Å². The second kappa shape index (κ2) is 8.81. The number of ether oxygens (including phenoxy) is 1. The summed E-state index contributed by atoms with van der Waals surface area (Å²) in [6.45, 7) is 1.42. The molecule has 2 aromatic carbocycles. The molecule has 0 radical (unpaired) electrons. The van der Waals surface area contributed by atoms with E-state index in [1.807, 2.05) is 0 Å². The van der Waals surface area contributed by atoms with E-state index in [0.717, 1.165) is 12.1 Å². The Morgan fingerprint density at radius 1 is 1.13 bits per heavy atom. The highest BCUT2D eigenvalue weighted by molar-refractivity contribution is 6.31. The van der Waals surface area contributed by atoms with Gasteiger partial charge < -0.3 is 15.0 Å². The molecule has 0 atom stereocenters. The van der Waals surface area contributed by atoms with Gasteiger partial charge in [-0.2, -0.15) is 0 Å². The Labute approximate surface area is 180 Å². The molecule has 0 saturated carbocycles. The number of carbonyl (C=O) groups excluding carboxylic acids is 2. The molecule has 1 aromatic heterocycles. The lowest BCUT2D eigenvalue weighted by Crippen LogP contribution is -2.35. The van der Waals surface area contributed by atoms with Gasteiger partial charge in [0.05, 0.1) is 23.3 Å². The molecule has 2 amide bonds. The molecule has 1 N–H and O–H groups in total. The zero-order valence-corrected chi connectivity index (χ0v) is 17.2. The van der Waals surface area contributed by atoms with Crippen molar-refractivity contribution in [3.05, 3.63) is 64.8 Å². The van der Waals surface area contributed by atoms with Crippen LogP contribution in [0.3, 0.4) is 0 Å². The number of halogens is 4. The second-order valence-corrected chi connectivity index (χ2v) is 7.18. The average molecular weight is 452 g/mol. The fourth-order valence-electron chi connectivity index (χ4n) is 2.89. The highest BCUT2D eigenvalue weighted by atomic mass is 35.5. The minimum atomic E-state index is -4.80. The van der Waals surface area contributed by atoms with Gasteiger partial charge >= 0.3 is 6.36 Å². The molecule has 0 unspecified atom stereocenters. The quantitative estimate of drug-likeness (QED) is 0.604. The smallest absolute Gasteiger partial charge is 0.406 e. The summed E-state index contributed by atoms with van der Waals surface area (Å²) >= 11 is 6.00. The van der Waals surface area contributed by atoms with Crippen molar-refractivity contribution in [2.45, 2.75) is 13.3 Å². The number of likely N-dealkylation sites (N-methyl/N-ethyl adjacent to an activating group) is 1. The predicted molar refractivity (Wildman–Crippen MR) is 110 cm³/mol. The van der Waals surface area contributed by atoms with Crippen LogP contribution in [0, 0.1) is 6.92 Å². The Balaban J connectivity index is 1.66. The standard InChI is InChI=1S/C21H17ClF3N3O3/c1-12-17(10-13-9-14(22)3-8-18(13)26-12)20(30)28(2)11-19(29)27-15-4-6-16(7-5-15)31-21(23,24)25/h3-10H,11H2,1-2H3,(H,27,29). The summed E-state index contributed by atoms with van der Waals surface area (Å²) in [7, 11) is 1.46. The van der Waals surface area contributed by atoms with Gasteiger partial charge in [-0.05, 0) is 55.5 Å². The normalized spacial score (nSPS) is 11.3. The summed E-state index contributed by atoms with van der Waals surface area (Å²) in [5.74, 6) is -1.33. The van der Waals surface area contributed by atoms with Crippen LogP contribution in [0.25, 0.3) is 10.9 Å². The molecule has 0 spiro atoms. The largest absolute Gasteiger partial charge is 0.573 e. The van der Waals surface area contributed by atoms with Gasteiger partial charge in [-0.25, -0.2) is 0 Å². The summed E-state index contributed by atoms with van der Waals surface area (Å²) in [5.41, 5.74) is 1.79. The minimum Gasteiger partial charge on any atom is -0.406 e. The molecule has 0 saturated heterocycles. The van der Waals surface area contributed by atoms with Gasteiger partial charge in [0, 0.05) is 23.1 Å². The van der Waals surface area contributed by atoms with E-state index in [0.29, 0.717) is 27.2 Å². The molecule has 3 aromatic rings. The van der Waals surface area contributed by atoms with Crippen LogP contribution in [-0.4, -0.2) is 41.7 Å². The molecule has 31 heavy (non-hydrogen) atoms. The first-order valence-corrected chi connectivity index (χ1v) is 9.37. The van der Waals surface area contributed by atoms with Crippen molar-refractivity contribution in [3.8, 4) is 5.75 Å². The van der Waals surface area contributed by atoms with E-state index in [-0.39, 0.29) is 12.2 Å². The summed E-state index contributed by atoms with van der Waals surface area (Å²) in [6, 6.07) is 11.5. The van der Waals surface area contributed by atoms with Gasteiger partial charge in [0.15, 0.2) is 0 Å². The third-order valence-electron chi connectivity index (χ3n) is 4.30. The first-order chi connectivity index (χ1) is 14.5. The number of carbonyl (C=O) groups is 2. The second-order valence-electron chi connectivity index (χ2n) is 6.74. The summed E-state index contributed by atoms with van der Waals surface area (Å²) in [6.07, 6.45) is -4.80. The van der Waals surface area contributed by atoms with E-state index < -0.39 is 23.9 Å². The van der Waals surface area contributed by atoms with Crippen LogP contribution in [0.15, 0.2) is 48.5 Å². The van der Waals surface area contributed by atoms with Crippen LogP contribution < -0.4 is 10.1 Å². The van der Waals surface area contributed by atoms with E-state index >= 15 is 0 Å². The van der Waals surface area contributed by atoms with Gasteiger partial charge in [0.2, 0.25) is 5.91 Å². The Morgan fingerprint density at radius 3 is 2.45 bits per heavy atom. The molecule has 10 heteroatoms. The summed E-state index contributed by atoms with van der Waals surface area (Å²) in [5, 5.41) is 3.72. The zero-order chi connectivity index (χ0) is 22.8. The number of alkyl halides is 3. The highest BCUT2D eigenvalue weighted by Gasteiger charge is 2.31. The molecular formula is C21H17ClF3N3O3. The van der Waals surface area contributed by atoms with Gasteiger partial charge in [-0.1, -0.05) is 11.6 Å². The van der Waals surface area contributed by atoms with Crippen LogP contribution in [-0.2, 0) is 4.79 Å². The predicted octanol–water partition coefficient (Wildman–Crippen LogP) is 4.81. The number of aromatic nitrogens is 1. The number of hydrogen-bond donors (Lipinski definition) is 1. The lowest BCUT2D eigenvalue weighted by Gasteiger charge is -2.18. The van der Waals surface area contributed by atoms with Crippen molar-refractivity contribution >= 4 is 40.0 Å². The van der Waals surface area contributed by atoms with E-state index in [4.69, 9.17) is 11.6 Å². The van der Waals surface area contributed by atoms with Crippen molar-refractivity contribution in [2.24, 2.45) is 0 Å². The topological polar surface area (TPSA) is 71.5 Å². The summed E-state index contributed by atoms with van der Waals surface area (Å²) in [4.78, 5) is 30.7. The van der Waals surface area contributed by atoms with Crippen molar-refractivity contribution in [1.29, 1.82) is 0 Å². The van der Waals surface area contributed by atoms with Crippen LogP contribution >= 0.6 is 11.6 Å². The Morgan fingerprint density at radius 2 is 1.81 bits per heavy atom. The third-order valence-corrected chi connectivity index (χ3v) is 4.53. The summed E-state index contributed by atoms with van der Waals surface area (Å²) < 4.78 is 40.4. The number of benzene rings is 2. The first-order valence-electron chi connectivity index (χ1n) is 9.00. The molecule has 0 bridgehead atoms. The van der Waals surface area contributed by atoms with Crippen molar-refractivity contribution < 1.29 is 27.5 Å². The molecule has 162 valence electrons. The third kappa shape index (κ3) is 5.85. The molecular weight excluding hydrogens is 435 g/mol.